The molecule has 1 saturated heterocycles. The van der Waals surface area contributed by atoms with Crippen molar-refractivity contribution in [3.05, 3.63) is 69.1 Å². The zero-order valence-electron chi connectivity index (χ0n) is 17.0. The summed E-state index contributed by atoms with van der Waals surface area (Å²) in [5, 5.41) is 14.9. The van der Waals surface area contributed by atoms with E-state index in [1.807, 2.05) is 0 Å². The van der Waals surface area contributed by atoms with Gasteiger partial charge in [0.05, 0.1) is 6.10 Å². The molecule has 0 radical (unpaired) electrons. The molecule has 4 rings (SSSR count). The Morgan fingerprint density at radius 1 is 1.09 bits per heavy atom. The van der Waals surface area contributed by atoms with E-state index < -0.39 is 0 Å². The van der Waals surface area contributed by atoms with Gasteiger partial charge in [0.15, 0.2) is 5.01 Å². The van der Waals surface area contributed by atoms with Crippen molar-refractivity contribution in [1.29, 1.82) is 0 Å². The number of hydrogen-bond donors (Lipinski definition) is 2. The first kappa shape index (κ1) is 22.2. The highest BCUT2D eigenvalue weighted by Crippen LogP contribution is 2.19. The molecule has 0 spiro atoms. The molecule has 10 heteroatoms. The van der Waals surface area contributed by atoms with Crippen LogP contribution < -0.4 is 15.4 Å². The SMILES string of the molecule is O=C(NCC1CCCO1)c1ccc(OCc2nnc(C(=O)Nc3ccc(Cl)cc3)s2)cc1. The maximum atomic E-state index is 12.3. The van der Waals surface area contributed by atoms with Crippen LogP contribution in [0.1, 0.15) is 38.0 Å². The van der Waals surface area contributed by atoms with Gasteiger partial charge in [0.1, 0.15) is 12.4 Å². The van der Waals surface area contributed by atoms with E-state index in [-0.39, 0.29) is 29.5 Å². The Morgan fingerprint density at radius 2 is 1.88 bits per heavy atom. The van der Waals surface area contributed by atoms with Gasteiger partial charge in [-0.25, -0.2) is 0 Å². The minimum Gasteiger partial charge on any atom is -0.486 e. The number of hydrogen-bond acceptors (Lipinski definition) is 7. The Morgan fingerprint density at radius 3 is 2.59 bits per heavy atom. The second-order valence-corrected chi connectivity index (χ2v) is 8.62. The Kier molecular flexibility index (Phi) is 7.31. The summed E-state index contributed by atoms with van der Waals surface area (Å²) in [5.74, 6) is 0.0880. The highest BCUT2D eigenvalue weighted by atomic mass is 35.5. The molecule has 8 nitrogen and oxygen atoms in total. The molecular formula is C22H21ClN4O4S. The second-order valence-electron chi connectivity index (χ2n) is 7.12. The standard InChI is InChI=1S/C22H21ClN4O4S/c23-15-5-7-16(8-6-15)25-21(29)22-27-26-19(32-22)13-31-17-9-3-14(4-10-17)20(28)24-12-18-2-1-11-30-18/h3-10,18H,1-2,11-13H2,(H,24,28)(H,25,29). The average Bonchev–Trinajstić information content (AvgIpc) is 3.50. The lowest BCUT2D eigenvalue weighted by atomic mass is 10.2. The van der Waals surface area contributed by atoms with Gasteiger partial charge in [-0.1, -0.05) is 22.9 Å². The Labute approximate surface area is 193 Å². The van der Waals surface area contributed by atoms with E-state index in [0.717, 1.165) is 30.8 Å². The fourth-order valence-electron chi connectivity index (χ4n) is 3.08. The van der Waals surface area contributed by atoms with Crippen LogP contribution in [0.3, 0.4) is 0 Å². The molecule has 3 aromatic rings. The summed E-state index contributed by atoms with van der Waals surface area (Å²) in [5.41, 5.74) is 1.17. The van der Waals surface area contributed by atoms with Gasteiger partial charge in [-0.15, -0.1) is 10.2 Å². The van der Waals surface area contributed by atoms with Gasteiger partial charge in [-0.3, -0.25) is 9.59 Å². The number of rotatable bonds is 8. The van der Waals surface area contributed by atoms with Crippen molar-refractivity contribution in [3.63, 3.8) is 0 Å². The van der Waals surface area contributed by atoms with E-state index in [9.17, 15) is 9.59 Å². The van der Waals surface area contributed by atoms with Gasteiger partial charge in [0, 0.05) is 29.4 Å². The molecule has 1 fully saturated rings. The lowest BCUT2D eigenvalue weighted by molar-refractivity contribution is 0.0857. The molecule has 1 unspecified atom stereocenters. The molecule has 0 aliphatic carbocycles. The van der Waals surface area contributed by atoms with E-state index in [2.05, 4.69) is 20.8 Å². The number of ether oxygens (including phenoxy) is 2. The van der Waals surface area contributed by atoms with Crippen LogP contribution in [-0.2, 0) is 11.3 Å². The highest BCUT2D eigenvalue weighted by Gasteiger charge is 2.17. The average molecular weight is 473 g/mol. The quantitative estimate of drug-likeness (QED) is 0.515. The van der Waals surface area contributed by atoms with Crippen LogP contribution in [0, 0.1) is 0 Å². The smallest absolute Gasteiger partial charge is 0.286 e. The van der Waals surface area contributed by atoms with E-state index in [1.165, 1.54) is 0 Å². The lowest BCUT2D eigenvalue weighted by Gasteiger charge is -2.11. The van der Waals surface area contributed by atoms with E-state index in [0.29, 0.717) is 33.6 Å². The van der Waals surface area contributed by atoms with Crippen LogP contribution in [0.2, 0.25) is 5.02 Å². The number of carbonyl (C=O) groups excluding carboxylic acids is 2. The van der Waals surface area contributed by atoms with Gasteiger partial charge in [0.25, 0.3) is 11.8 Å². The third-order valence-corrected chi connectivity index (χ3v) is 5.90. The van der Waals surface area contributed by atoms with Gasteiger partial charge < -0.3 is 20.1 Å². The summed E-state index contributed by atoms with van der Waals surface area (Å²) >= 11 is 6.99. The Bertz CT molecular complexity index is 1070. The van der Waals surface area contributed by atoms with Gasteiger partial charge in [-0.05, 0) is 61.4 Å². The lowest BCUT2D eigenvalue weighted by Crippen LogP contribution is -2.31. The number of aromatic nitrogens is 2. The van der Waals surface area contributed by atoms with Gasteiger partial charge in [0.2, 0.25) is 5.01 Å². The molecule has 1 aliphatic rings. The summed E-state index contributed by atoms with van der Waals surface area (Å²) in [6, 6.07) is 13.6. The van der Waals surface area contributed by atoms with Crippen molar-refractivity contribution in [1.82, 2.24) is 15.5 Å². The fourth-order valence-corrected chi connectivity index (χ4v) is 3.86. The zero-order chi connectivity index (χ0) is 22.3. The first-order valence-electron chi connectivity index (χ1n) is 10.1. The van der Waals surface area contributed by atoms with E-state index in [4.69, 9.17) is 21.1 Å². The number of benzene rings is 2. The molecule has 2 aromatic carbocycles. The largest absolute Gasteiger partial charge is 0.486 e. The second kappa shape index (κ2) is 10.5. The first-order valence-corrected chi connectivity index (χ1v) is 11.3. The Hall–Kier alpha value is -3.01. The van der Waals surface area contributed by atoms with Crippen molar-refractivity contribution in [2.45, 2.75) is 25.6 Å². The zero-order valence-corrected chi connectivity index (χ0v) is 18.6. The van der Waals surface area contributed by atoms with E-state index >= 15 is 0 Å². The minimum absolute atomic E-state index is 0.103. The van der Waals surface area contributed by atoms with Gasteiger partial charge in [-0.2, -0.15) is 0 Å². The van der Waals surface area contributed by atoms with Crippen LogP contribution in [0.5, 0.6) is 5.75 Å². The molecule has 2 amide bonds. The number of anilines is 1. The van der Waals surface area contributed by atoms with Crippen molar-refractivity contribution < 1.29 is 19.1 Å². The van der Waals surface area contributed by atoms with Crippen molar-refractivity contribution in [2.24, 2.45) is 0 Å². The summed E-state index contributed by atoms with van der Waals surface area (Å²) in [4.78, 5) is 24.5. The third kappa shape index (κ3) is 6.03. The number of amides is 2. The number of halogens is 1. The maximum absolute atomic E-state index is 12.3. The predicted molar refractivity (Wildman–Crippen MR) is 121 cm³/mol. The molecular weight excluding hydrogens is 452 g/mol. The monoisotopic (exact) mass is 472 g/mol. The van der Waals surface area contributed by atoms with Crippen molar-refractivity contribution in [3.8, 4) is 5.75 Å². The molecule has 0 saturated carbocycles. The van der Waals surface area contributed by atoms with Crippen LogP contribution in [0.4, 0.5) is 5.69 Å². The first-order chi connectivity index (χ1) is 15.6. The van der Waals surface area contributed by atoms with Crippen LogP contribution in [0.25, 0.3) is 0 Å². The molecule has 1 aliphatic heterocycles. The summed E-state index contributed by atoms with van der Waals surface area (Å²) in [6.45, 7) is 1.44. The molecule has 166 valence electrons. The minimum atomic E-state index is -0.352. The predicted octanol–water partition coefficient (Wildman–Crippen LogP) is 3.93. The van der Waals surface area contributed by atoms with Crippen LogP contribution >= 0.6 is 22.9 Å². The number of nitrogens with zero attached hydrogens (tertiary/aromatic N) is 2. The van der Waals surface area contributed by atoms with Crippen LogP contribution in [-0.4, -0.2) is 41.3 Å². The molecule has 1 atom stereocenters. The normalized spacial score (nSPS) is 15.3. The van der Waals surface area contributed by atoms with Crippen molar-refractivity contribution >= 4 is 40.4 Å². The summed E-state index contributed by atoms with van der Waals surface area (Å²) < 4.78 is 11.2. The Balaban J connectivity index is 1.25. The molecule has 32 heavy (non-hydrogen) atoms. The number of nitrogens with one attached hydrogen (secondary N) is 2. The molecule has 0 bridgehead atoms. The van der Waals surface area contributed by atoms with E-state index in [1.54, 1.807) is 48.5 Å². The topological polar surface area (TPSA) is 102 Å². The fraction of sp³-hybridized carbons (Fsp3) is 0.273. The summed E-state index contributed by atoms with van der Waals surface area (Å²) in [6.07, 6.45) is 2.12. The molecule has 2 heterocycles. The summed E-state index contributed by atoms with van der Waals surface area (Å²) in [7, 11) is 0. The molecule has 2 N–H and O–H groups in total. The number of carbonyl (C=O) groups is 2. The maximum Gasteiger partial charge on any atom is 0.286 e. The third-order valence-electron chi connectivity index (χ3n) is 4.76. The van der Waals surface area contributed by atoms with Crippen molar-refractivity contribution in [2.75, 3.05) is 18.5 Å². The van der Waals surface area contributed by atoms with Crippen LogP contribution in [0.15, 0.2) is 48.5 Å². The highest BCUT2D eigenvalue weighted by molar-refractivity contribution is 7.13. The molecule has 1 aromatic heterocycles. The van der Waals surface area contributed by atoms with Gasteiger partial charge >= 0.3 is 0 Å².